The van der Waals surface area contributed by atoms with Gasteiger partial charge in [-0.25, -0.2) is 8.42 Å². The van der Waals surface area contributed by atoms with Gasteiger partial charge in [0.05, 0.1) is 11.5 Å². The highest BCUT2D eigenvalue weighted by atomic mass is 32.2. The van der Waals surface area contributed by atoms with E-state index in [1.807, 2.05) is 0 Å². The molecular weight excluding hydrogens is 236 g/mol. The quantitative estimate of drug-likeness (QED) is 0.799. The van der Waals surface area contributed by atoms with Crippen LogP contribution in [0.25, 0.3) is 0 Å². The highest BCUT2D eigenvalue weighted by Crippen LogP contribution is 2.15. The number of nitrogens with one attached hydrogen (secondary N) is 1. The lowest BCUT2D eigenvalue weighted by molar-refractivity contribution is 0.281. The molecule has 1 unspecified atom stereocenters. The van der Waals surface area contributed by atoms with Crippen LogP contribution in [0.2, 0.25) is 0 Å². The smallest absolute Gasteiger partial charge is 0.151 e. The van der Waals surface area contributed by atoms with Gasteiger partial charge in [-0.15, -0.1) is 0 Å². The molecule has 2 aliphatic rings. The second kappa shape index (κ2) is 6.16. The van der Waals surface area contributed by atoms with Gasteiger partial charge in [0.15, 0.2) is 9.84 Å². The van der Waals surface area contributed by atoms with E-state index in [0.29, 0.717) is 11.5 Å². The lowest BCUT2D eigenvalue weighted by Crippen LogP contribution is -2.28. The third kappa shape index (κ3) is 4.56. The molecule has 0 aromatic rings. The molecule has 17 heavy (non-hydrogen) atoms. The van der Waals surface area contributed by atoms with Gasteiger partial charge in [0.25, 0.3) is 0 Å². The van der Waals surface area contributed by atoms with Crippen LogP contribution in [-0.4, -0.2) is 57.5 Å². The van der Waals surface area contributed by atoms with Crippen LogP contribution < -0.4 is 5.32 Å². The summed E-state index contributed by atoms with van der Waals surface area (Å²) in [5.41, 5.74) is 0. The predicted molar refractivity (Wildman–Crippen MR) is 69.9 cm³/mol. The fourth-order valence-electron chi connectivity index (χ4n) is 2.78. The predicted octanol–water partition coefficient (Wildman–Crippen LogP) is 0.497. The van der Waals surface area contributed by atoms with E-state index in [2.05, 4.69) is 10.2 Å². The molecule has 2 fully saturated rings. The lowest BCUT2D eigenvalue weighted by atomic mass is 10.0. The Morgan fingerprint density at radius 1 is 1.24 bits per heavy atom. The van der Waals surface area contributed by atoms with Crippen molar-refractivity contribution in [3.63, 3.8) is 0 Å². The zero-order chi connectivity index (χ0) is 12.1. The van der Waals surface area contributed by atoms with Crippen LogP contribution in [-0.2, 0) is 9.84 Å². The summed E-state index contributed by atoms with van der Waals surface area (Å²) >= 11 is 0. The Hall–Kier alpha value is -0.130. The number of hydrogen-bond acceptors (Lipinski definition) is 4. The molecule has 0 spiro atoms. The summed E-state index contributed by atoms with van der Waals surface area (Å²) < 4.78 is 22.9. The molecule has 1 atom stereocenters. The zero-order valence-corrected chi connectivity index (χ0v) is 11.3. The molecule has 1 N–H and O–H groups in total. The van der Waals surface area contributed by atoms with Crippen LogP contribution in [0.15, 0.2) is 0 Å². The highest BCUT2D eigenvalue weighted by molar-refractivity contribution is 7.91. The normalized spacial score (nSPS) is 30.2. The first-order valence-electron chi connectivity index (χ1n) is 6.79. The van der Waals surface area contributed by atoms with Gasteiger partial charge in [0.1, 0.15) is 0 Å². The largest absolute Gasteiger partial charge is 0.316 e. The molecule has 2 rings (SSSR count). The first-order chi connectivity index (χ1) is 8.16. The maximum absolute atomic E-state index is 11.5. The Bertz CT molecular complexity index is 323. The minimum Gasteiger partial charge on any atom is -0.316 e. The van der Waals surface area contributed by atoms with Gasteiger partial charge in [0, 0.05) is 6.54 Å². The Labute approximate surface area is 105 Å². The second-order valence-corrected chi connectivity index (χ2v) is 7.65. The fraction of sp³-hybridized carbons (Fsp3) is 1.00. The highest BCUT2D eigenvalue weighted by Gasteiger charge is 2.19. The van der Waals surface area contributed by atoms with E-state index >= 15 is 0 Å². The monoisotopic (exact) mass is 260 g/mol. The summed E-state index contributed by atoms with van der Waals surface area (Å²) in [6.07, 6.45) is 4.63. The summed E-state index contributed by atoms with van der Waals surface area (Å²) in [6, 6.07) is 0. The molecule has 4 nitrogen and oxygen atoms in total. The van der Waals surface area contributed by atoms with E-state index in [-0.39, 0.29) is 0 Å². The maximum Gasteiger partial charge on any atom is 0.151 e. The molecule has 0 aromatic heterocycles. The Kier molecular flexibility index (Phi) is 4.82. The third-order valence-electron chi connectivity index (χ3n) is 3.90. The molecule has 0 aliphatic carbocycles. The zero-order valence-electron chi connectivity index (χ0n) is 10.5. The van der Waals surface area contributed by atoms with Crippen molar-refractivity contribution in [1.82, 2.24) is 10.2 Å². The summed E-state index contributed by atoms with van der Waals surface area (Å²) in [4.78, 5) is 2.33. The minimum atomic E-state index is -2.74. The summed E-state index contributed by atoms with van der Waals surface area (Å²) in [5.74, 6) is 1.60. The van der Waals surface area contributed by atoms with E-state index in [4.69, 9.17) is 0 Å². The van der Waals surface area contributed by atoms with E-state index in [1.54, 1.807) is 0 Å². The van der Waals surface area contributed by atoms with Crippen molar-refractivity contribution in [3.05, 3.63) is 0 Å². The number of hydrogen-bond donors (Lipinski definition) is 1. The Balaban J connectivity index is 1.65. The molecular formula is C12H24N2O2S. The van der Waals surface area contributed by atoms with Gasteiger partial charge in [-0.3, -0.25) is 0 Å². The minimum absolute atomic E-state index is 0.359. The SMILES string of the molecule is O=S1(=O)CCCN(CCCC2CCNC2)CC1. The van der Waals surface area contributed by atoms with Crippen LogP contribution in [0.3, 0.4) is 0 Å². The van der Waals surface area contributed by atoms with E-state index in [9.17, 15) is 8.42 Å². The van der Waals surface area contributed by atoms with Crippen molar-refractivity contribution in [1.29, 1.82) is 0 Å². The van der Waals surface area contributed by atoms with Crippen LogP contribution in [0, 0.1) is 5.92 Å². The van der Waals surface area contributed by atoms with Crippen molar-refractivity contribution in [3.8, 4) is 0 Å². The lowest BCUT2D eigenvalue weighted by Gasteiger charge is -2.19. The Morgan fingerprint density at radius 3 is 2.88 bits per heavy atom. The van der Waals surface area contributed by atoms with Gasteiger partial charge in [-0.1, -0.05) is 0 Å². The molecule has 5 heteroatoms. The van der Waals surface area contributed by atoms with E-state index in [0.717, 1.165) is 32.0 Å². The molecule has 2 saturated heterocycles. The average molecular weight is 260 g/mol. The second-order valence-electron chi connectivity index (χ2n) is 5.35. The van der Waals surface area contributed by atoms with Crippen LogP contribution in [0.5, 0.6) is 0 Å². The third-order valence-corrected chi connectivity index (χ3v) is 5.61. The van der Waals surface area contributed by atoms with Crippen LogP contribution in [0.1, 0.15) is 25.7 Å². The average Bonchev–Trinajstić information content (AvgIpc) is 2.72. The first-order valence-corrected chi connectivity index (χ1v) is 8.61. The van der Waals surface area contributed by atoms with Crippen LogP contribution in [0.4, 0.5) is 0 Å². The number of sulfone groups is 1. The van der Waals surface area contributed by atoms with Crippen molar-refractivity contribution < 1.29 is 8.42 Å². The first kappa shape index (κ1) is 13.3. The summed E-state index contributed by atoms with van der Waals surface area (Å²) in [7, 11) is -2.74. The molecule has 0 saturated carbocycles. The molecule has 2 heterocycles. The summed E-state index contributed by atoms with van der Waals surface area (Å²) in [5, 5.41) is 3.39. The molecule has 0 amide bonds. The van der Waals surface area contributed by atoms with Gasteiger partial charge in [-0.05, 0) is 57.8 Å². The van der Waals surface area contributed by atoms with Crippen molar-refractivity contribution in [2.75, 3.05) is 44.2 Å². The van der Waals surface area contributed by atoms with Gasteiger partial charge in [-0.2, -0.15) is 0 Å². The molecule has 0 bridgehead atoms. The topological polar surface area (TPSA) is 49.4 Å². The van der Waals surface area contributed by atoms with Crippen molar-refractivity contribution in [2.24, 2.45) is 5.92 Å². The number of nitrogens with zero attached hydrogens (tertiary/aromatic N) is 1. The molecule has 0 aromatic carbocycles. The number of rotatable bonds is 4. The maximum atomic E-state index is 11.5. The standard InChI is InChI=1S/C12H24N2O2S/c15-17(16)9-2-7-14(8-10-17)6-1-3-12-4-5-13-11-12/h12-13H,1-11H2. The van der Waals surface area contributed by atoms with Crippen molar-refractivity contribution >= 4 is 9.84 Å². The molecule has 100 valence electrons. The van der Waals surface area contributed by atoms with E-state index in [1.165, 1.54) is 32.4 Å². The Morgan fingerprint density at radius 2 is 2.12 bits per heavy atom. The van der Waals surface area contributed by atoms with Gasteiger partial charge < -0.3 is 10.2 Å². The van der Waals surface area contributed by atoms with Gasteiger partial charge >= 0.3 is 0 Å². The van der Waals surface area contributed by atoms with Crippen LogP contribution >= 0.6 is 0 Å². The fourth-order valence-corrected chi connectivity index (χ4v) is 4.09. The van der Waals surface area contributed by atoms with Crippen molar-refractivity contribution in [2.45, 2.75) is 25.7 Å². The van der Waals surface area contributed by atoms with Gasteiger partial charge in [0.2, 0.25) is 0 Å². The van der Waals surface area contributed by atoms with E-state index < -0.39 is 9.84 Å². The summed E-state index contributed by atoms with van der Waals surface area (Å²) in [6.45, 7) is 5.13. The molecule has 2 aliphatic heterocycles. The molecule has 0 radical (unpaired) electrons.